The van der Waals surface area contributed by atoms with Gasteiger partial charge in [-0.15, -0.1) is 0 Å². The van der Waals surface area contributed by atoms with Crippen LogP contribution in [0.3, 0.4) is 0 Å². The van der Waals surface area contributed by atoms with Crippen LogP contribution in [0.4, 0.5) is 17.1 Å². The smallest absolute Gasteiger partial charge is 0.313 e. The predicted octanol–water partition coefficient (Wildman–Crippen LogP) is 1.86. The number of anilines is 3. The first-order valence-electron chi connectivity index (χ1n) is 8.31. The normalized spacial score (nSPS) is 14.3. The van der Waals surface area contributed by atoms with E-state index >= 15 is 0 Å². The number of carbonyl (C=O) groups is 2. The average Bonchev–Trinajstić information content (AvgIpc) is 2.64. The minimum atomic E-state index is -0.649. The Bertz CT molecular complexity index is 768. The van der Waals surface area contributed by atoms with Crippen LogP contribution in [-0.4, -0.2) is 42.9 Å². The molecular formula is C19H22N4O2. The lowest BCUT2D eigenvalue weighted by Gasteiger charge is -2.35. The summed E-state index contributed by atoms with van der Waals surface area (Å²) in [6.07, 6.45) is 0. The Kier molecular flexibility index (Phi) is 4.88. The Morgan fingerprint density at radius 1 is 1.00 bits per heavy atom. The first-order valence-corrected chi connectivity index (χ1v) is 8.31. The molecule has 130 valence electrons. The molecule has 2 aromatic carbocycles. The summed E-state index contributed by atoms with van der Waals surface area (Å²) in [5.41, 5.74) is 8.93. The van der Waals surface area contributed by atoms with Crippen molar-refractivity contribution in [3.05, 3.63) is 54.1 Å². The third-order valence-corrected chi connectivity index (χ3v) is 4.34. The summed E-state index contributed by atoms with van der Waals surface area (Å²) >= 11 is 0. The fourth-order valence-corrected chi connectivity index (χ4v) is 2.92. The fourth-order valence-electron chi connectivity index (χ4n) is 2.92. The van der Waals surface area contributed by atoms with Gasteiger partial charge in [-0.3, -0.25) is 9.59 Å². The summed E-state index contributed by atoms with van der Waals surface area (Å²) in [7, 11) is 0. The van der Waals surface area contributed by atoms with Crippen molar-refractivity contribution in [3.63, 3.8) is 0 Å². The van der Waals surface area contributed by atoms with E-state index in [1.807, 2.05) is 43.3 Å². The maximum Gasteiger partial charge on any atom is 0.313 e. The van der Waals surface area contributed by atoms with Gasteiger partial charge in [0.2, 0.25) is 0 Å². The van der Waals surface area contributed by atoms with Crippen molar-refractivity contribution in [2.24, 2.45) is 0 Å². The monoisotopic (exact) mass is 338 g/mol. The summed E-state index contributed by atoms with van der Waals surface area (Å²) in [6, 6.07) is 15.4. The lowest BCUT2D eigenvalue weighted by Crippen LogP contribution is -2.51. The predicted molar refractivity (Wildman–Crippen MR) is 99.5 cm³/mol. The molecule has 0 aliphatic carbocycles. The van der Waals surface area contributed by atoms with Crippen LogP contribution < -0.4 is 16.0 Å². The van der Waals surface area contributed by atoms with Gasteiger partial charge >= 0.3 is 11.8 Å². The maximum absolute atomic E-state index is 12.4. The summed E-state index contributed by atoms with van der Waals surface area (Å²) in [5.74, 6) is -1.17. The Morgan fingerprint density at radius 2 is 1.68 bits per heavy atom. The van der Waals surface area contributed by atoms with Crippen molar-refractivity contribution in [3.8, 4) is 0 Å². The molecule has 25 heavy (non-hydrogen) atoms. The van der Waals surface area contributed by atoms with Crippen LogP contribution in [0.25, 0.3) is 0 Å². The lowest BCUT2D eigenvalue weighted by atomic mass is 10.2. The van der Waals surface area contributed by atoms with Crippen LogP contribution >= 0.6 is 0 Å². The molecule has 3 rings (SSSR count). The van der Waals surface area contributed by atoms with Crippen LogP contribution in [0.15, 0.2) is 48.5 Å². The van der Waals surface area contributed by atoms with Gasteiger partial charge in [-0.05, 0) is 36.8 Å². The van der Waals surface area contributed by atoms with Gasteiger partial charge in [-0.1, -0.05) is 24.3 Å². The van der Waals surface area contributed by atoms with Crippen LogP contribution in [0.2, 0.25) is 0 Å². The number of piperazine rings is 1. The Balaban J connectivity index is 1.57. The SMILES string of the molecule is Cc1ccc(NC(=O)C(=O)N2CCN(c3ccccc3)CC2)c(N)c1. The van der Waals surface area contributed by atoms with Crippen molar-refractivity contribution in [2.75, 3.05) is 42.1 Å². The number of aryl methyl sites for hydroxylation is 1. The standard InChI is InChI=1S/C19H22N4O2/c1-14-7-8-17(16(20)13-14)21-18(24)19(25)23-11-9-22(10-12-23)15-5-3-2-4-6-15/h2-8,13H,9-12,20H2,1H3,(H,21,24). The summed E-state index contributed by atoms with van der Waals surface area (Å²) < 4.78 is 0. The first-order chi connectivity index (χ1) is 12.0. The number of nitrogen functional groups attached to an aromatic ring is 1. The summed E-state index contributed by atoms with van der Waals surface area (Å²) in [6.45, 7) is 4.36. The molecule has 1 heterocycles. The van der Waals surface area contributed by atoms with E-state index in [1.165, 1.54) is 0 Å². The van der Waals surface area contributed by atoms with Crippen LogP contribution in [0.1, 0.15) is 5.56 Å². The molecule has 3 N–H and O–H groups in total. The molecule has 0 radical (unpaired) electrons. The van der Waals surface area contributed by atoms with Gasteiger partial charge in [-0.25, -0.2) is 0 Å². The van der Waals surface area contributed by atoms with Gasteiger partial charge in [0, 0.05) is 31.9 Å². The van der Waals surface area contributed by atoms with Crippen LogP contribution in [0.5, 0.6) is 0 Å². The number of benzene rings is 2. The van der Waals surface area contributed by atoms with E-state index in [2.05, 4.69) is 10.2 Å². The van der Waals surface area contributed by atoms with Crippen LogP contribution in [0, 0.1) is 6.92 Å². The molecule has 1 saturated heterocycles. The molecule has 0 spiro atoms. The highest BCUT2D eigenvalue weighted by Crippen LogP contribution is 2.20. The Morgan fingerprint density at radius 3 is 2.32 bits per heavy atom. The van der Waals surface area contributed by atoms with Crippen molar-refractivity contribution < 1.29 is 9.59 Å². The highest BCUT2D eigenvalue weighted by atomic mass is 16.2. The van der Waals surface area contributed by atoms with Gasteiger partial charge in [0.25, 0.3) is 0 Å². The van der Waals surface area contributed by atoms with Gasteiger partial charge in [0.1, 0.15) is 0 Å². The molecule has 1 aliphatic heterocycles. The zero-order valence-corrected chi connectivity index (χ0v) is 14.2. The van der Waals surface area contributed by atoms with E-state index in [4.69, 9.17) is 5.73 Å². The molecule has 0 aromatic heterocycles. The largest absolute Gasteiger partial charge is 0.397 e. The molecule has 2 amide bonds. The number of hydrogen-bond donors (Lipinski definition) is 2. The third-order valence-electron chi connectivity index (χ3n) is 4.34. The number of rotatable bonds is 2. The zero-order valence-electron chi connectivity index (χ0n) is 14.2. The second kappa shape index (κ2) is 7.25. The number of hydrogen-bond acceptors (Lipinski definition) is 4. The zero-order chi connectivity index (χ0) is 17.8. The van der Waals surface area contributed by atoms with E-state index in [-0.39, 0.29) is 0 Å². The molecule has 0 atom stereocenters. The van der Waals surface area contributed by atoms with E-state index in [9.17, 15) is 9.59 Å². The Hall–Kier alpha value is -3.02. The molecule has 1 aliphatic rings. The van der Waals surface area contributed by atoms with E-state index in [0.717, 1.165) is 11.3 Å². The number of nitrogens with one attached hydrogen (secondary N) is 1. The number of amides is 2. The molecule has 6 heteroatoms. The van der Waals surface area contributed by atoms with Crippen LogP contribution in [-0.2, 0) is 9.59 Å². The third kappa shape index (κ3) is 3.91. The highest BCUT2D eigenvalue weighted by Gasteiger charge is 2.26. The molecule has 2 aromatic rings. The van der Waals surface area contributed by atoms with Gasteiger partial charge in [0.15, 0.2) is 0 Å². The van der Waals surface area contributed by atoms with Crippen molar-refractivity contribution in [2.45, 2.75) is 6.92 Å². The van der Waals surface area contributed by atoms with Gasteiger partial charge < -0.3 is 20.9 Å². The number of nitrogens with two attached hydrogens (primary N) is 1. The highest BCUT2D eigenvalue weighted by molar-refractivity contribution is 6.39. The number of para-hydroxylation sites is 1. The second-order valence-electron chi connectivity index (χ2n) is 6.16. The quantitative estimate of drug-likeness (QED) is 0.647. The van der Waals surface area contributed by atoms with Gasteiger partial charge in [-0.2, -0.15) is 0 Å². The minimum Gasteiger partial charge on any atom is -0.397 e. The molecule has 6 nitrogen and oxygen atoms in total. The molecule has 1 fully saturated rings. The van der Waals surface area contributed by atoms with E-state index in [0.29, 0.717) is 37.6 Å². The molecule has 0 saturated carbocycles. The second-order valence-corrected chi connectivity index (χ2v) is 6.16. The van der Waals surface area contributed by atoms with Crippen molar-refractivity contribution in [1.29, 1.82) is 0 Å². The fraction of sp³-hybridized carbons (Fsp3) is 0.263. The Labute approximate surface area is 147 Å². The summed E-state index contributed by atoms with van der Waals surface area (Å²) in [4.78, 5) is 28.4. The minimum absolute atomic E-state index is 0.454. The van der Waals surface area contributed by atoms with E-state index in [1.54, 1.807) is 17.0 Å². The average molecular weight is 338 g/mol. The molecule has 0 unspecified atom stereocenters. The van der Waals surface area contributed by atoms with Crippen molar-refractivity contribution >= 4 is 28.9 Å². The van der Waals surface area contributed by atoms with E-state index < -0.39 is 11.8 Å². The maximum atomic E-state index is 12.4. The molecular weight excluding hydrogens is 316 g/mol. The number of nitrogens with zero attached hydrogens (tertiary/aromatic N) is 2. The summed E-state index contributed by atoms with van der Waals surface area (Å²) in [5, 5.41) is 2.61. The lowest BCUT2D eigenvalue weighted by molar-refractivity contribution is -0.143. The number of carbonyl (C=O) groups excluding carboxylic acids is 2. The molecule has 0 bridgehead atoms. The van der Waals surface area contributed by atoms with Gasteiger partial charge in [0.05, 0.1) is 11.4 Å². The van der Waals surface area contributed by atoms with Crippen molar-refractivity contribution in [1.82, 2.24) is 4.90 Å². The topological polar surface area (TPSA) is 78.7 Å². The first kappa shape index (κ1) is 16.8.